The first-order valence-electron chi connectivity index (χ1n) is 14.9. The molecule has 9 nitrogen and oxygen atoms in total. The lowest BCUT2D eigenvalue weighted by Crippen LogP contribution is -2.53. The third kappa shape index (κ3) is 6.66. The van der Waals surface area contributed by atoms with Crippen LogP contribution in [-0.4, -0.2) is 72.9 Å². The normalized spacial score (nSPS) is 23.1. The number of anilines is 1. The van der Waals surface area contributed by atoms with Gasteiger partial charge in [-0.2, -0.15) is 13.2 Å². The molecule has 1 aliphatic carbocycles. The van der Waals surface area contributed by atoms with Crippen molar-refractivity contribution in [3.63, 3.8) is 0 Å². The molecule has 0 unspecified atom stereocenters. The average molecular weight is 621 g/mol. The van der Waals surface area contributed by atoms with Gasteiger partial charge < -0.3 is 29.7 Å². The number of carbonyl (C=O) groups is 2. The summed E-state index contributed by atoms with van der Waals surface area (Å²) in [6, 6.07) is 3.99. The molecule has 12 heteroatoms. The zero-order chi connectivity index (χ0) is 32.4. The minimum absolute atomic E-state index is 0.0834. The van der Waals surface area contributed by atoms with E-state index in [1.165, 1.54) is 25.2 Å². The van der Waals surface area contributed by atoms with Crippen molar-refractivity contribution in [1.82, 2.24) is 15.2 Å². The van der Waals surface area contributed by atoms with Crippen LogP contribution in [0.1, 0.15) is 68.7 Å². The summed E-state index contributed by atoms with van der Waals surface area (Å²) in [6.45, 7) is 3.46. The van der Waals surface area contributed by atoms with Gasteiger partial charge in [0, 0.05) is 63.0 Å². The second kappa shape index (κ2) is 13.3. The summed E-state index contributed by atoms with van der Waals surface area (Å²) in [6.07, 6.45) is 1.18. The maximum atomic E-state index is 14.4. The van der Waals surface area contributed by atoms with Crippen molar-refractivity contribution in [2.75, 3.05) is 33.2 Å². The molecule has 4 rings (SSSR count). The van der Waals surface area contributed by atoms with Gasteiger partial charge in [0.05, 0.1) is 24.3 Å². The van der Waals surface area contributed by atoms with Crippen LogP contribution in [0.2, 0.25) is 0 Å². The van der Waals surface area contributed by atoms with Gasteiger partial charge in [0.2, 0.25) is 5.91 Å². The van der Waals surface area contributed by atoms with E-state index in [2.05, 4.69) is 10.3 Å². The number of alkyl halides is 3. The number of halogens is 3. The van der Waals surface area contributed by atoms with Crippen LogP contribution in [0.15, 0.2) is 36.5 Å². The summed E-state index contributed by atoms with van der Waals surface area (Å²) in [5.74, 6) is -1.74. The third-order valence-corrected chi connectivity index (χ3v) is 9.15. The Morgan fingerprint density at radius 3 is 2.36 bits per heavy atom. The molecule has 1 saturated carbocycles. The van der Waals surface area contributed by atoms with Crippen LogP contribution >= 0.6 is 0 Å². The van der Waals surface area contributed by atoms with Gasteiger partial charge in [0.25, 0.3) is 0 Å². The number of aliphatic carboxylic acids is 1. The monoisotopic (exact) mass is 620 g/mol. The molecule has 0 bridgehead atoms. The minimum Gasteiger partial charge on any atom is -0.496 e. The number of likely N-dealkylation sites (tertiary alicyclic amines) is 1. The van der Waals surface area contributed by atoms with Gasteiger partial charge >= 0.3 is 12.1 Å². The van der Waals surface area contributed by atoms with E-state index in [-0.39, 0.29) is 29.7 Å². The average Bonchev–Trinajstić information content (AvgIpc) is 3.35. The Hall–Kier alpha value is -3.38. The molecule has 2 N–H and O–H groups in total. The number of rotatable bonds is 10. The Bertz CT molecular complexity index is 1330. The van der Waals surface area contributed by atoms with Gasteiger partial charge in [-0.1, -0.05) is 25.3 Å². The number of hydrogen-bond donors (Lipinski definition) is 2. The number of nitrogens with zero attached hydrogens (tertiary/aromatic N) is 3. The molecule has 242 valence electrons. The summed E-state index contributed by atoms with van der Waals surface area (Å²) in [5.41, 5.74) is -1.00. The van der Waals surface area contributed by atoms with E-state index in [0.29, 0.717) is 24.2 Å². The lowest BCUT2D eigenvalue weighted by atomic mass is 9.79. The summed E-state index contributed by atoms with van der Waals surface area (Å²) in [7, 11) is 6.50. The summed E-state index contributed by atoms with van der Waals surface area (Å²) in [4.78, 5) is 35.5. The number of methoxy groups -OCH3 is 2. The van der Waals surface area contributed by atoms with Gasteiger partial charge in [-0.3, -0.25) is 4.79 Å². The third-order valence-electron chi connectivity index (χ3n) is 9.15. The molecule has 2 aliphatic rings. The standard InChI is InChI=1S/C32H43F3N4O5/c1-31(2,44-6)24-25(37-18-20-17-21(32(33,34)35)14-15-23(20)43-5)26(22-13-10-16-36-28(22)38(3)4)39(27(24)30(41)42)29(40)19-11-8-7-9-12-19/h10,13-17,19,24-27,37H,7-9,11-12,18H2,1-6H3,(H,41,42)/t24-,25-,26-,27-/m0/s1. The van der Waals surface area contributed by atoms with Crippen LogP contribution < -0.4 is 15.0 Å². The van der Waals surface area contributed by atoms with E-state index >= 15 is 0 Å². The lowest BCUT2D eigenvalue weighted by molar-refractivity contribution is -0.156. The molecule has 1 aromatic carbocycles. The van der Waals surface area contributed by atoms with Crippen molar-refractivity contribution in [1.29, 1.82) is 0 Å². The molecule has 2 heterocycles. The molecular weight excluding hydrogens is 577 g/mol. The molecule has 4 atom stereocenters. The van der Waals surface area contributed by atoms with Crippen molar-refractivity contribution in [3.05, 3.63) is 53.2 Å². The minimum atomic E-state index is -4.56. The number of amides is 1. The highest BCUT2D eigenvalue weighted by atomic mass is 19.4. The highest BCUT2D eigenvalue weighted by molar-refractivity contribution is 5.87. The molecule has 1 saturated heterocycles. The maximum Gasteiger partial charge on any atom is 0.416 e. The number of carboxylic acids is 1. The zero-order valence-electron chi connectivity index (χ0n) is 26.1. The SMILES string of the molecule is COc1ccc(C(F)(F)F)cc1CN[C@H]1[C@H](C(C)(C)OC)[C@@H](C(=O)O)N(C(=O)C2CCCCC2)[C@H]1c1cccnc1N(C)C. The number of pyridine rings is 1. The van der Waals surface area contributed by atoms with Crippen LogP contribution in [0.25, 0.3) is 0 Å². The predicted octanol–water partition coefficient (Wildman–Crippen LogP) is 5.29. The highest BCUT2D eigenvalue weighted by Gasteiger charge is 2.60. The van der Waals surface area contributed by atoms with Crippen molar-refractivity contribution in [2.24, 2.45) is 11.8 Å². The predicted molar refractivity (Wildman–Crippen MR) is 159 cm³/mol. The Kier molecular flexibility index (Phi) is 10.1. The van der Waals surface area contributed by atoms with E-state index in [4.69, 9.17) is 9.47 Å². The molecule has 44 heavy (non-hydrogen) atoms. The van der Waals surface area contributed by atoms with Crippen LogP contribution in [-0.2, 0) is 27.0 Å². The van der Waals surface area contributed by atoms with E-state index in [9.17, 15) is 27.9 Å². The Balaban J connectivity index is 1.91. The topological polar surface area (TPSA) is 104 Å². The fourth-order valence-corrected chi connectivity index (χ4v) is 6.88. The number of ether oxygens (including phenoxy) is 2. The maximum absolute atomic E-state index is 14.4. The van der Waals surface area contributed by atoms with Gasteiger partial charge in [0.15, 0.2) is 0 Å². The summed E-state index contributed by atoms with van der Waals surface area (Å²) >= 11 is 0. The second-order valence-corrected chi connectivity index (χ2v) is 12.4. The largest absolute Gasteiger partial charge is 0.496 e. The van der Waals surface area contributed by atoms with E-state index in [1.807, 2.05) is 20.2 Å². The van der Waals surface area contributed by atoms with Crippen molar-refractivity contribution < 1.29 is 37.3 Å². The fourth-order valence-electron chi connectivity index (χ4n) is 6.88. The highest BCUT2D eigenvalue weighted by Crippen LogP contribution is 2.49. The lowest BCUT2D eigenvalue weighted by Gasteiger charge is -2.37. The molecular formula is C32H43F3N4O5. The van der Waals surface area contributed by atoms with Gasteiger partial charge in [-0.15, -0.1) is 0 Å². The number of carboxylic acid groups (broad SMARTS) is 1. The molecule has 0 spiro atoms. The smallest absolute Gasteiger partial charge is 0.416 e. The molecule has 2 aromatic rings. The fraction of sp³-hybridized carbons (Fsp3) is 0.594. The molecule has 0 radical (unpaired) electrons. The first kappa shape index (κ1) is 33.5. The number of benzene rings is 1. The zero-order valence-corrected chi connectivity index (χ0v) is 26.1. The quantitative estimate of drug-likeness (QED) is 0.369. The first-order chi connectivity index (χ1) is 20.7. The summed E-state index contributed by atoms with van der Waals surface area (Å²) < 4.78 is 52.3. The van der Waals surface area contributed by atoms with E-state index in [1.54, 1.807) is 31.0 Å². The van der Waals surface area contributed by atoms with Crippen molar-refractivity contribution >= 4 is 17.7 Å². The van der Waals surface area contributed by atoms with E-state index in [0.717, 1.165) is 31.4 Å². The first-order valence-corrected chi connectivity index (χ1v) is 14.9. The van der Waals surface area contributed by atoms with Gasteiger partial charge in [-0.25, -0.2) is 9.78 Å². The molecule has 1 aliphatic heterocycles. The number of aromatic nitrogens is 1. The van der Waals surface area contributed by atoms with Crippen LogP contribution in [0.5, 0.6) is 5.75 Å². The van der Waals surface area contributed by atoms with Gasteiger partial charge in [-0.05, 0) is 51.0 Å². The van der Waals surface area contributed by atoms with Crippen LogP contribution in [0.4, 0.5) is 19.0 Å². The molecule has 1 amide bonds. The van der Waals surface area contributed by atoms with E-state index < -0.39 is 47.4 Å². The number of nitrogens with one attached hydrogen (secondary N) is 1. The van der Waals surface area contributed by atoms with Crippen LogP contribution in [0, 0.1) is 11.8 Å². The Morgan fingerprint density at radius 1 is 1.11 bits per heavy atom. The van der Waals surface area contributed by atoms with Gasteiger partial charge in [0.1, 0.15) is 17.6 Å². The van der Waals surface area contributed by atoms with Crippen molar-refractivity contribution in [3.8, 4) is 5.75 Å². The number of carbonyl (C=O) groups excluding carboxylic acids is 1. The molecule has 1 aromatic heterocycles. The van der Waals surface area contributed by atoms with Crippen molar-refractivity contribution in [2.45, 2.75) is 82.4 Å². The summed E-state index contributed by atoms with van der Waals surface area (Å²) in [5, 5.41) is 14.2. The van der Waals surface area contributed by atoms with Crippen LogP contribution in [0.3, 0.4) is 0 Å². The second-order valence-electron chi connectivity index (χ2n) is 12.4. The number of hydrogen-bond acceptors (Lipinski definition) is 7. The Morgan fingerprint density at radius 2 is 1.80 bits per heavy atom. The molecule has 2 fully saturated rings. The Labute approximate surface area is 256 Å².